The van der Waals surface area contributed by atoms with Gasteiger partial charge in [0.1, 0.15) is 11.9 Å². The number of rotatable bonds is 3. The van der Waals surface area contributed by atoms with Crippen LogP contribution in [0.15, 0.2) is 24.3 Å². The zero-order valence-corrected chi connectivity index (χ0v) is 10.4. The van der Waals surface area contributed by atoms with Crippen LogP contribution >= 0.6 is 0 Å². The van der Waals surface area contributed by atoms with Crippen LogP contribution in [-0.4, -0.2) is 20.2 Å². The summed E-state index contributed by atoms with van der Waals surface area (Å²) in [6.07, 6.45) is 3.12. The van der Waals surface area contributed by atoms with E-state index in [0.717, 1.165) is 30.7 Å². The molecule has 17 heavy (non-hydrogen) atoms. The Labute approximate surface area is 103 Å². The number of benzene rings is 1. The van der Waals surface area contributed by atoms with Crippen molar-refractivity contribution in [3.8, 4) is 11.8 Å². The number of hydrogen-bond acceptors (Lipinski definition) is 3. The molecule has 0 amide bonds. The standard InChI is InChI=1S/C14H18N2O/c1-16(2)12-6-4-7-13(9-12)17-14-8-3-5-11(14)10-15/h4,6-7,9,11,14H,3,5,8H2,1-2H3. The first-order valence-corrected chi connectivity index (χ1v) is 6.04. The van der Waals surface area contributed by atoms with Crippen molar-refractivity contribution in [1.82, 2.24) is 0 Å². The predicted octanol–water partition coefficient (Wildman–Crippen LogP) is 2.82. The second-order valence-electron chi connectivity index (χ2n) is 4.71. The average molecular weight is 230 g/mol. The fourth-order valence-electron chi connectivity index (χ4n) is 2.22. The van der Waals surface area contributed by atoms with Crippen LogP contribution in [0.4, 0.5) is 5.69 Å². The molecule has 0 radical (unpaired) electrons. The fourth-order valence-corrected chi connectivity index (χ4v) is 2.22. The second kappa shape index (κ2) is 5.09. The molecule has 1 aromatic rings. The molecule has 0 bridgehead atoms. The minimum atomic E-state index is 0.0537. The highest BCUT2D eigenvalue weighted by molar-refractivity contribution is 5.49. The third-order valence-corrected chi connectivity index (χ3v) is 3.24. The predicted molar refractivity (Wildman–Crippen MR) is 68.1 cm³/mol. The normalized spacial score (nSPS) is 23.1. The van der Waals surface area contributed by atoms with E-state index in [0.29, 0.717) is 0 Å². The van der Waals surface area contributed by atoms with Crippen LogP contribution in [0.3, 0.4) is 0 Å². The Bertz CT molecular complexity index is 422. The lowest BCUT2D eigenvalue weighted by molar-refractivity contribution is 0.183. The Balaban J connectivity index is 2.08. The monoisotopic (exact) mass is 230 g/mol. The first-order chi connectivity index (χ1) is 8.20. The molecule has 1 aliphatic rings. The van der Waals surface area contributed by atoms with Gasteiger partial charge in [-0.15, -0.1) is 0 Å². The van der Waals surface area contributed by atoms with Crippen molar-refractivity contribution < 1.29 is 4.74 Å². The quantitative estimate of drug-likeness (QED) is 0.801. The van der Waals surface area contributed by atoms with Gasteiger partial charge >= 0.3 is 0 Å². The molecule has 0 heterocycles. The highest BCUT2D eigenvalue weighted by atomic mass is 16.5. The van der Waals surface area contributed by atoms with Gasteiger partial charge in [0.25, 0.3) is 0 Å². The molecule has 1 fully saturated rings. The molecule has 0 saturated heterocycles. The molecule has 2 unspecified atom stereocenters. The van der Waals surface area contributed by atoms with E-state index in [9.17, 15) is 0 Å². The van der Waals surface area contributed by atoms with E-state index in [1.807, 2.05) is 43.3 Å². The van der Waals surface area contributed by atoms with Crippen molar-refractivity contribution in [3.05, 3.63) is 24.3 Å². The van der Waals surface area contributed by atoms with Gasteiger partial charge in [-0.2, -0.15) is 5.26 Å². The maximum Gasteiger partial charge on any atom is 0.121 e. The molecule has 1 aromatic carbocycles. The van der Waals surface area contributed by atoms with Gasteiger partial charge in [-0.05, 0) is 31.4 Å². The molecular formula is C14H18N2O. The number of anilines is 1. The van der Waals surface area contributed by atoms with Crippen LogP contribution in [-0.2, 0) is 0 Å². The maximum atomic E-state index is 9.02. The number of hydrogen-bond donors (Lipinski definition) is 0. The molecule has 0 aromatic heterocycles. The lowest BCUT2D eigenvalue weighted by Crippen LogP contribution is -2.20. The minimum Gasteiger partial charge on any atom is -0.489 e. The largest absolute Gasteiger partial charge is 0.489 e. The molecular weight excluding hydrogens is 212 g/mol. The SMILES string of the molecule is CN(C)c1cccc(OC2CCCC2C#N)c1. The Kier molecular flexibility index (Phi) is 3.53. The van der Waals surface area contributed by atoms with Crippen molar-refractivity contribution in [2.75, 3.05) is 19.0 Å². The lowest BCUT2D eigenvalue weighted by Gasteiger charge is -2.18. The first kappa shape index (κ1) is 11.8. The van der Waals surface area contributed by atoms with Gasteiger partial charge < -0.3 is 9.64 Å². The van der Waals surface area contributed by atoms with Crippen LogP contribution in [0, 0.1) is 17.2 Å². The van der Waals surface area contributed by atoms with E-state index in [2.05, 4.69) is 6.07 Å². The van der Waals surface area contributed by atoms with Crippen molar-refractivity contribution in [2.24, 2.45) is 5.92 Å². The van der Waals surface area contributed by atoms with Gasteiger partial charge in [0, 0.05) is 25.8 Å². The minimum absolute atomic E-state index is 0.0537. The van der Waals surface area contributed by atoms with Gasteiger partial charge in [0.2, 0.25) is 0 Å². The van der Waals surface area contributed by atoms with Crippen LogP contribution in [0.1, 0.15) is 19.3 Å². The first-order valence-electron chi connectivity index (χ1n) is 6.04. The highest BCUT2D eigenvalue weighted by Crippen LogP contribution is 2.30. The van der Waals surface area contributed by atoms with Gasteiger partial charge in [0.15, 0.2) is 0 Å². The number of nitrogens with zero attached hydrogens (tertiary/aromatic N) is 2. The van der Waals surface area contributed by atoms with Crippen LogP contribution < -0.4 is 9.64 Å². The zero-order chi connectivity index (χ0) is 12.3. The fraction of sp³-hybridized carbons (Fsp3) is 0.500. The summed E-state index contributed by atoms with van der Waals surface area (Å²) >= 11 is 0. The molecule has 2 atom stereocenters. The molecule has 1 aliphatic carbocycles. The van der Waals surface area contributed by atoms with Crippen molar-refractivity contribution in [3.63, 3.8) is 0 Å². The third kappa shape index (κ3) is 2.71. The summed E-state index contributed by atoms with van der Waals surface area (Å²) in [7, 11) is 4.01. The Morgan fingerprint density at radius 2 is 2.18 bits per heavy atom. The topological polar surface area (TPSA) is 36.3 Å². The summed E-state index contributed by atoms with van der Waals surface area (Å²) in [4.78, 5) is 2.04. The Morgan fingerprint density at radius 3 is 2.88 bits per heavy atom. The average Bonchev–Trinajstić information content (AvgIpc) is 2.76. The van der Waals surface area contributed by atoms with Gasteiger partial charge in [0.05, 0.1) is 12.0 Å². The summed E-state index contributed by atoms with van der Waals surface area (Å²) in [6.45, 7) is 0. The van der Waals surface area contributed by atoms with E-state index < -0.39 is 0 Å². The van der Waals surface area contributed by atoms with Crippen LogP contribution in [0.25, 0.3) is 0 Å². The van der Waals surface area contributed by atoms with Crippen LogP contribution in [0.5, 0.6) is 5.75 Å². The van der Waals surface area contributed by atoms with Gasteiger partial charge in [-0.25, -0.2) is 0 Å². The van der Waals surface area contributed by atoms with E-state index in [-0.39, 0.29) is 12.0 Å². The van der Waals surface area contributed by atoms with E-state index in [1.165, 1.54) is 0 Å². The molecule has 3 heteroatoms. The summed E-state index contributed by atoms with van der Waals surface area (Å²) in [5, 5.41) is 9.02. The Morgan fingerprint density at radius 1 is 1.35 bits per heavy atom. The summed E-state index contributed by atoms with van der Waals surface area (Å²) < 4.78 is 5.92. The molecule has 0 N–H and O–H groups in total. The van der Waals surface area contributed by atoms with E-state index in [1.54, 1.807) is 0 Å². The van der Waals surface area contributed by atoms with E-state index >= 15 is 0 Å². The van der Waals surface area contributed by atoms with E-state index in [4.69, 9.17) is 10.00 Å². The highest BCUT2D eigenvalue weighted by Gasteiger charge is 2.28. The Hall–Kier alpha value is -1.69. The van der Waals surface area contributed by atoms with Crippen LogP contribution in [0.2, 0.25) is 0 Å². The molecule has 0 spiro atoms. The smallest absolute Gasteiger partial charge is 0.121 e. The molecule has 1 saturated carbocycles. The molecule has 0 aliphatic heterocycles. The maximum absolute atomic E-state index is 9.02. The zero-order valence-electron chi connectivity index (χ0n) is 10.4. The van der Waals surface area contributed by atoms with Crippen molar-refractivity contribution >= 4 is 5.69 Å². The molecule has 90 valence electrons. The summed E-state index contributed by atoms with van der Waals surface area (Å²) in [5.41, 5.74) is 1.12. The summed E-state index contributed by atoms with van der Waals surface area (Å²) in [6, 6.07) is 10.3. The van der Waals surface area contributed by atoms with Gasteiger partial charge in [-0.3, -0.25) is 0 Å². The summed E-state index contributed by atoms with van der Waals surface area (Å²) in [5.74, 6) is 0.918. The lowest BCUT2D eigenvalue weighted by atomic mass is 10.1. The molecule has 3 nitrogen and oxygen atoms in total. The second-order valence-corrected chi connectivity index (χ2v) is 4.71. The molecule has 2 rings (SSSR count). The number of ether oxygens (including phenoxy) is 1. The number of nitriles is 1. The van der Waals surface area contributed by atoms with Crippen molar-refractivity contribution in [2.45, 2.75) is 25.4 Å². The van der Waals surface area contributed by atoms with Crippen molar-refractivity contribution in [1.29, 1.82) is 5.26 Å². The third-order valence-electron chi connectivity index (χ3n) is 3.24. The van der Waals surface area contributed by atoms with Gasteiger partial charge in [-0.1, -0.05) is 6.07 Å².